The van der Waals surface area contributed by atoms with Gasteiger partial charge in [-0.3, -0.25) is 9.89 Å². The highest BCUT2D eigenvalue weighted by Crippen LogP contribution is 2.40. The molecular formula is C22H38N4O2. The Morgan fingerprint density at radius 1 is 1.25 bits per heavy atom. The highest BCUT2D eigenvalue weighted by molar-refractivity contribution is 5.79. The first-order valence-corrected chi connectivity index (χ1v) is 11.1. The van der Waals surface area contributed by atoms with Gasteiger partial charge in [0.15, 0.2) is 5.96 Å². The van der Waals surface area contributed by atoms with E-state index in [4.69, 9.17) is 9.15 Å². The quantitative estimate of drug-likeness (QED) is 0.363. The Bertz CT molecular complexity index is 575. The number of furan rings is 1. The van der Waals surface area contributed by atoms with E-state index in [-0.39, 0.29) is 6.04 Å². The van der Waals surface area contributed by atoms with Crippen LogP contribution in [0.25, 0.3) is 0 Å². The topological polar surface area (TPSA) is 62.0 Å². The van der Waals surface area contributed by atoms with Gasteiger partial charge < -0.3 is 19.8 Å². The number of nitrogens with one attached hydrogen (secondary N) is 2. The Kier molecular flexibility index (Phi) is 8.22. The molecule has 0 radical (unpaired) electrons. The zero-order valence-electron chi connectivity index (χ0n) is 17.7. The van der Waals surface area contributed by atoms with Gasteiger partial charge >= 0.3 is 0 Å². The van der Waals surface area contributed by atoms with Crippen molar-refractivity contribution in [3.8, 4) is 0 Å². The maximum absolute atomic E-state index is 5.73. The molecule has 158 valence electrons. The second-order valence-corrected chi connectivity index (χ2v) is 8.23. The zero-order chi connectivity index (χ0) is 19.7. The summed E-state index contributed by atoms with van der Waals surface area (Å²) in [6.07, 6.45) is 10.7. The van der Waals surface area contributed by atoms with Crippen LogP contribution in [0, 0.1) is 5.41 Å². The third kappa shape index (κ3) is 5.74. The first kappa shape index (κ1) is 21.2. The van der Waals surface area contributed by atoms with Gasteiger partial charge in [0, 0.05) is 33.4 Å². The summed E-state index contributed by atoms with van der Waals surface area (Å²) in [6, 6.07) is 4.32. The highest BCUT2D eigenvalue weighted by Gasteiger charge is 2.33. The molecule has 1 aromatic heterocycles. The van der Waals surface area contributed by atoms with Crippen LogP contribution in [0.4, 0.5) is 0 Å². The zero-order valence-corrected chi connectivity index (χ0v) is 17.7. The Morgan fingerprint density at radius 3 is 2.68 bits per heavy atom. The lowest BCUT2D eigenvalue weighted by atomic mass is 9.83. The number of rotatable bonds is 10. The molecule has 3 rings (SSSR count). The molecule has 1 atom stereocenters. The lowest BCUT2D eigenvalue weighted by molar-refractivity contribution is 0.105. The Hall–Kier alpha value is -1.53. The summed E-state index contributed by atoms with van der Waals surface area (Å²) in [5, 5.41) is 7.15. The van der Waals surface area contributed by atoms with E-state index >= 15 is 0 Å². The van der Waals surface area contributed by atoms with E-state index in [1.54, 1.807) is 6.26 Å². The summed E-state index contributed by atoms with van der Waals surface area (Å²) in [7, 11) is 1.86. The van der Waals surface area contributed by atoms with E-state index in [0.717, 1.165) is 57.5 Å². The van der Waals surface area contributed by atoms with Crippen LogP contribution in [0.2, 0.25) is 0 Å². The van der Waals surface area contributed by atoms with E-state index < -0.39 is 0 Å². The molecule has 1 aliphatic heterocycles. The highest BCUT2D eigenvalue weighted by atomic mass is 16.5. The lowest BCUT2D eigenvalue weighted by Crippen LogP contribution is -2.46. The van der Waals surface area contributed by atoms with E-state index in [1.807, 2.05) is 13.1 Å². The molecule has 6 nitrogen and oxygen atoms in total. The molecule has 0 bridgehead atoms. The van der Waals surface area contributed by atoms with Crippen molar-refractivity contribution in [3.63, 3.8) is 0 Å². The normalized spacial score (nSPS) is 21.1. The molecule has 2 aliphatic rings. The van der Waals surface area contributed by atoms with E-state index in [0.29, 0.717) is 5.41 Å². The maximum Gasteiger partial charge on any atom is 0.191 e. The molecule has 1 aromatic rings. The van der Waals surface area contributed by atoms with Gasteiger partial charge in [0.05, 0.1) is 12.3 Å². The van der Waals surface area contributed by atoms with Crippen molar-refractivity contribution in [1.82, 2.24) is 15.5 Å². The number of hydrogen-bond acceptors (Lipinski definition) is 4. The van der Waals surface area contributed by atoms with Gasteiger partial charge in [0.1, 0.15) is 5.76 Å². The van der Waals surface area contributed by atoms with Gasteiger partial charge in [-0.05, 0) is 69.7 Å². The molecule has 1 saturated carbocycles. The summed E-state index contributed by atoms with van der Waals surface area (Å²) in [4.78, 5) is 6.98. The van der Waals surface area contributed by atoms with Gasteiger partial charge in [0.25, 0.3) is 0 Å². The van der Waals surface area contributed by atoms with Crippen molar-refractivity contribution < 1.29 is 9.15 Å². The number of ether oxygens (including phenoxy) is 1. The number of guanidine groups is 1. The Balaban J connectivity index is 1.53. The summed E-state index contributed by atoms with van der Waals surface area (Å²) < 4.78 is 11.4. The smallest absolute Gasteiger partial charge is 0.191 e. The third-order valence-electron chi connectivity index (χ3n) is 6.42. The molecule has 6 heteroatoms. The SMILES string of the molecule is CCOCCC1(CNC(=NC)NCC(c2ccco2)N2CCCC2)CCCC1. The molecule has 0 amide bonds. The first-order chi connectivity index (χ1) is 13.8. The average molecular weight is 391 g/mol. The molecule has 1 unspecified atom stereocenters. The van der Waals surface area contributed by atoms with Crippen LogP contribution in [-0.4, -0.2) is 57.3 Å². The van der Waals surface area contributed by atoms with Crippen LogP contribution < -0.4 is 10.6 Å². The predicted molar refractivity (Wildman–Crippen MR) is 114 cm³/mol. The maximum atomic E-state index is 5.73. The standard InChI is InChI=1S/C22H38N4O2/c1-3-27-16-12-22(10-4-5-11-22)18-25-21(23-2)24-17-19(20-9-8-15-28-20)26-13-6-7-14-26/h8-9,15,19H,3-7,10-14,16-18H2,1-2H3,(H2,23,24,25). The molecule has 0 aromatic carbocycles. The monoisotopic (exact) mass is 390 g/mol. The third-order valence-corrected chi connectivity index (χ3v) is 6.42. The molecule has 2 heterocycles. The molecule has 28 heavy (non-hydrogen) atoms. The summed E-state index contributed by atoms with van der Waals surface area (Å²) in [6.45, 7) is 7.78. The minimum atomic E-state index is 0.259. The van der Waals surface area contributed by atoms with Crippen molar-refractivity contribution >= 4 is 5.96 Å². The van der Waals surface area contributed by atoms with Crippen LogP contribution in [-0.2, 0) is 4.74 Å². The number of likely N-dealkylation sites (tertiary alicyclic amines) is 1. The lowest BCUT2D eigenvalue weighted by Gasteiger charge is -2.31. The van der Waals surface area contributed by atoms with E-state index in [1.165, 1.54) is 38.5 Å². The molecule has 2 fully saturated rings. The van der Waals surface area contributed by atoms with Gasteiger partial charge in [-0.25, -0.2) is 0 Å². The summed E-state index contributed by atoms with van der Waals surface area (Å²) >= 11 is 0. The van der Waals surface area contributed by atoms with Crippen LogP contribution in [0.3, 0.4) is 0 Å². The van der Waals surface area contributed by atoms with Crippen LogP contribution >= 0.6 is 0 Å². The minimum Gasteiger partial charge on any atom is -0.468 e. The molecule has 0 spiro atoms. The molecule has 1 aliphatic carbocycles. The van der Waals surface area contributed by atoms with Crippen molar-refractivity contribution in [2.45, 2.75) is 57.9 Å². The summed E-state index contributed by atoms with van der Waals surface area (Å²) in [5.74, 6) is 1.92. The second-order valence-electron chi connectivity index (χ2n) is 8.23. The predicted octanol–water partition coefficient (Wildman–Crippen LogP) is 3.57. The van der Waals surface area contributed by atoms with Crippen molar-refractivity contribution in [2.75, 3.05) is 46.4 Å². The van der Waals surface area contributed by atoms with Crippen LogP contribution in [0.5, 0.6) is 0 Å². The fourth-order valence-corrected chi connectivity index (χ4v) is 4.70. The molecular weight excluding hydrogens is 352 g/mol. The fourth-order valence-electron chi connectivity index (χ4n) is 4.70. The summed E-state index contributed by atoms with van der Waals surface area (Å²) in [5.41, 5.74) is 0.349. The Labute approximate surface area is 170 Å². The number of hydrogen-bond donors (Lipinski definition) is 2. The van der Waals surface area contributed by atoms with Gasteiger partial charge in [-0.1, -0.05) is 12.8 Å². The van der Waals surface area contributed by atoms with E-state index in [9.17, 15) is 0 Å². The van der Waals surface area contributed by atoms with Crippen LogP contribution in [0.1, 0.15) is 63.7 Å². The van der Waals surface area contributed by atoms with Gasteiger partial charge in [0.2, 0.25) is 0 Å². The fraction of sp³-hybridized carbons (Fsp3) is 0.773. The molecule has 1 saturated heterocycles. The average Bonchev–Trinajstić information content (AvgIpc) is 3.48. The van der Waals surface area contributed by atoms with Crippen molar-refractivity contribution in [2.24, 2.45) is 10.4 Å². The number of nitrogens with zero attached hydrogens (tertiary/aromatic N) is 2. The van der Waals surface area contributed by atoms with Gasteiger partial charge in [-0.15, -0.1) is 0 Å². The van der Waals surface area contributed by atoms with Gasteiger partial charge in [-0.2, -0.15) is 0 Å². The second kappa shape index (κ2) is 10.9. The largest absolute Gasteiger partial charge is 0.468 e. The number of aliphatic imine (C=N–C) groups is 1. The Morgan fingerprint density at radius 2 is 2.04 bits per heavy atom. The van der Waals surface area contributed by atoms with Crippen molar-refractivity contribution in [3.05, 3.63) is 24.2 Å². The minimum absolute atomic E-state index is 0.259. The molecule has 2 N–H and O–H groups in total. The van der Waals surface area contributed by atoms with Crippen LogP contribution in [0.15, 0.2) is 27.8 Å². The first-order valence-electron chi connectivity index (χ1n) is 11.1. The van der Waals surface area contributed by atoms with E-state index in [2.05, 4.69) is 33.5 Å². The van der Waals surface area contributed by atoms with Crippen molar-refractivity contribution in [1.29, 1.82) is 0 Å².